The molecule has 3 aromatic rings. The molecule has 1 aromatic carbocycles. The van der Waals surface area contributed by atoms with Crippen molar-refractivity contribution < 1.29 is 0 Å². The molecule has 20 heavy (non-hydrogen) atoms. The lowest BCUT2D eigenvalue weighted by atomic mass is 9.99. The largest absolute Gasteiger partial charge is 0.373 e. The average Bonchev–Trinajstić information content (AvgIpc) is 2.79. The summed E-state index contributed by atoms with van der Waals surface area (Å²) in [4.78, 5) is 12.5. The number of aromatic amines is 1. The SMILES string of the molecule is CNc1ccc2[nH]c(-c3c(C)cc(C)cc3C)nc2n1. The summed E-state index contributed by atoms with van der Waals surface area (Å²) in [5.74, 6) is 1.71. The van der Waals surface area contributed by atoms with Crippen molar-refractivity contribution in [2.75, 3.05) is 12.4 Å². The van der Waals surface area contributed by atoms with Crippen LogP contribution in [-0.2, 0) is 0 Å². The number of fused-ring (bicyclic) bond motifs is 1. The number of aryl methyl sites for hydroxylation is 3. The van der Waals surface area contributed by atoms with Crippen molar-refractivity contribution >= 4 is 17.0 Å². The standard InChI is InChI=1S/C16H18N4/c1-9-7-10(2)14(11(3)8-9)16-18-12-5-6-13(17-4)19-15(12)20-16/h5-8H,1-4H3,(H2,17,18,19,20). The quantitative estimate of drug-likeness (QED) is 0.745. The second-order valence-corrected chi connectivity index (χ2v) is 5.18. The fourth-order valence-electron chi connectivity index (χ4n) is 2.70. The minimum absolute atomic E-state index is 0.742. The number of hydrogen-bond acceptors (Lipinski definition) is 3. The zero-order valence-corrected chi connectivity index (χ0v) is 12.2. The first-order valence-corrected chi connectivity index (χ1v) is 6.71. The van der Waals surface area contributed by atoms with Crippen LogP contribution in [-0.4, -0.2) is 22.0 Å². The van der Waals surface area contributed by atoms with Crippen molar-refractivity contribution in [2.45, 2.75) is 20.8 Å². The number of rotatable bonds is 2. The Labute approximate surface area is 118 Å². The van der Waals surface area contributed by atoms with Crippen LogP contribution in [0.15, 0.2) is 24.3 Å². The third-order valence-corrected chi connectivity index (χ3v) is 3.52. The monoisotopic (exact) mass is 266 g/mol. The number of anilines is 1. The Morgan fingerprint density at radius 1 is 1.00 bits per heavy atom. The number of nitrogens with zero attached hydrogens (tertiary/aromatic N) is 2. The van der Waals surface area contributed by atoms with E-state index in [4.69, 9.17) is 0 Å². The molecule has 0 aliphatic rings. The zero-order chi connectivity index (χ0) is 14.3. The number of benzene rings is 1. The molecule has 4 heteroatoms. The van der Waals surface area contributed by atoms with Crippen molar-refractivity contribution in [1.29, 1.82) is 0 Å². The molecule has 0 unspecified atom stereocenters. The molecule has 0 bridgehead atoms. The molecular formula is C16H18N4. The third-order valence-electron chi connectivity index (χ3n) is 3.52. The van der Waals surface area contributed by atoms with E-state index < -0.39 is 0 Å². The van der Waals surface area contributed by atoms with E-state index >= 15 is 0 Å². The summed E-state index contributed by atoms with van der Waals surface area (Å²) in [5.41, 5.74) is 6.60. The fourth-order valence-corrected chi connectivity index (χ4v) is 2.70. The van der Waals surface area contributed by atoms with Crippen LogP contribution in [0, 0.1) is 20.8 Å². The van der Waals surface area contributed by atoms with Crippen molar-refractivity contribution in [3.8, 4) is 11.4 Å². The van der Waals surface area contributed by atoms with E-state index in [0.29, 0.717) is 0 Å². The van der Waals surface area contributed by atoms with Gasteiger partial charge in [0, 0.05) is 12.6 Å². The summed E-state index contributed by atoms with van der Waals surface area (Å²) in [7, 11) is 1.86. The first kappa shape index (κ1) is 12.7. The van der Waals surface area contributed by atoms with E-state index in [1.807, 2.05) is 19.2 Å². The molecule has 0 spiro atoms. The van der Waals surface area contributed by atoms with E-state index in [1.165, 1.54) is 22.3 Å². The number of nitrogens with one attached hydrogen (secondary N) is 2. The maximum atomic E-state index is 4.64. The molecule has 2 heterocycles. The summed E-state index contributed by atoms with van der Waals surface area (Å²) >= 11 is 0. The van der Waals surface area contributed by atoms with E-state index in [1.54, 1.807) is 0 Å². The first-order valence-electron chi connectivity index (χ1n) is 6.71. The summed E-state index contributed by atoms with van der Waals surface area (Å²) in [6.07, 6.45) is 0. The highest BCUT2D eigenvalue weighted by molar-refractivity contribution is 5.79. The topological polar surface area (TPSA) is 53.6 Å². The molecule has 0 radical (unpaired) electrons. The van der Waals surface area contributed by atoms with Gasteiger partial charge in [0.05, 0.1) is 5.52 Å². The normalized spacial score (nSPS) is 11.0. The Morgan fingerprint density at radius 2 is 1.70 bits per heavy atom. The smallest absolute Gasteiger partial charge is 0.180 e. The number of pyridine rings is 1. The van der Waals surface area contributed by atoms with Crippen molar-refractivity contribution in [1.82, 2.24) is 15.0 Å². The Hall–Kier alpha value is -2.36. The molecule has 2 N–H and O–H groups in total. The van der Waals surface area contributed by atoms with Crippen LogP contribution < -0.4 is 5.32 Å². The van der Waals surface area contributed by atoms with E-state index in [-0.39, 0.29) is 0 Å². The van der Waals surface area contributed by atoms with Crippen molar-refractivity contribution in [2.24, 2.45) is 0 Å². The minimum Gasteiger partial charge on any atom is -0.373 e. The van der Waals surface area contributed by atoms with Gasteiger partial charge >= 0.3 is 0 Å². The van der Waals surface area contributed by atoms with Crippen LogP contribution in [0.1, 0.15) is 16.7 Å². The third kappa shape index (κ3) is 2.03. The Morgan fingerprint density at radius 3 is 2.35 bits per heavy atom. The van der Waals surface area contributed by atoms with Crippen LogP contribution in [0.3, 0.4) is 0 Å². The van der Waals surface area contributed by atoms with Gasteiger partial charge in [-0.05, 0) is 44.0 Å². The highest BCUT2D eigenvalue weighted by atomic mass is 15.0. The van der Waals surface area contributed by atoms with Crippen LogP contribution in [0.25, 0.3) is 22.6 Å². The number of aromatic nitrogens is 3. The zero-order valence-electron chi connectivity index (χ0n) is 12.2. The van der Waals surface area contributed by atoms with Gasteiger partial charge in [0.2, 0.25) is 0 Å². The number of H-pyrrole nitrogens is 1. The predicted octanol–water partition coefficient (Wildman–Crippen LogP) is 3.59. The maximum Gasteiger partial charge on any atom is 0.180 e. The second kappa shape index (κ2) is 4.63. The summed E-state index contributed by atoms with van der Waals surface area (Å²) in [5, 5.41) is 3.03. The average molecular weight is 266 g/mol. The first-order chi connectivity index (χ1) is 9.58. The highest BCUT2D eigenvalue weighted by Crippen LogP contribution is 2.27. The Kier molecular flexibility index (Phi) is 2.93. The number of imidazole rings is 1. The van der Waals surface area contributed by atoms with Crippen molar-refractivity contribution in [3.63, 3.8) is 0 Å². The fraction of sp³-hybridized carbons (Fsp3) is 0.250. The molecule has 0 saturated carbocycles. The summed E-state index contributed by atoms with van der Waals surface area (Å²) in [6, 6.07) is 8.31. The van der Waals surface area contributed by atoms with Gasteiger partial charge in [0.25, 0.3) is 0 Å². The molecule has 0 saturated heterocycles. The van der Waals surface area contributed by atoms with E-state index in [2.05, 4.69) is 53.2 Å². The van der Waals surface area contributed by atoms with Crippen molar-refractivity contribution in [3.05, 3.63) is 41.0 Å². The van der Waals surface area contributed by atoms with Gasteiger partial charge in [-0.2, -0.15) is 0 Å². The van der Waals surface area contributed by atoms with E-state index in [0.717, 1.165) is 22.8 Å². The summed E-state index contributed by atoms with van der Waals surface area (Å²) in [6.45, 7) is 6.35. The Bertz CT molecular complexity index is 763. The highest BCUT2D eigenvalue weighted by Gasteiger charge is 2.12. The van der Waals surface area contributed by atoms with E-state index in [9.17, 15) is 0 Å². The molecule has 0 amide bonds. The van der Waals surface area contributed by atoms with Crippen LogP contribution in [0.4, 0.5) is 5.82 Å². The van der Waals surface area contributed by atoms with Gasteiger partial charge in [-0.15, -0.1) is 0 Å². The van der Waals surface area contributed by atoms with Gasteiger partial charge in [-0.1, -0.05) is 17.7 Å². The Balaban J connectivity index is 2.20. The lowest BCUT2D eigenvalue weighted by Crippen LogP contribution is -1.92. The lowest BCUT2D eigenvalue weighted by Gasteiger charge is -2.08. The molecule has 0 aliphatic heterocycles. The molecular weight excluding hydrogens is 248 g/mol. The van der Waals surface area contributed by atoms with Gasteiger partial charge in [0.15, 0.2) is 5.65 Å². The molecule has 102 valence electrons. The van der Waals surface area contributed by atoms with Gasteiger partial charge in [0.1, 0.15) is 11.6 Å². The maximum absolute atomic E-state index is 4.64. The second-order valence-electron chi connectivity index (χ2n) is 5.18. The van der Waals surface area contributed by atoms with Crippen LogP contribution in [0.2, 0.25) is 0 Å². The summed E-state index contributed by atoms with van der Waals surface area (Å²) < 4.78 is 0. The molecule has 2 aromatic heterocycles. The number of hydrogen-bond donors (Lipinski definition) is 2. The van der Waals surface area contributed by atoms with Gasteiger partial charge in [-0.25, -0.2) is 9.97 Å². The molecule has 3 rings (SSSR count). The molecule has 0 atom stereocenters. The van der Waals surface area contributed by atoms with Crippen LogP contribution in [0.5, 0.6) is 0 Å². The minimum atomic E-state index is 0.742. The molecule has 4 nitrogen and oxygen atoms in total. The lowest BCUT2D eigenvalue weighted by molar-refractivity contribution is 1.24. The van der Waals surface area contributed by atoms with Gasteiger partial charge < -0.3 is 10.3 Å². The van der Waals surface area contributed by atoms with Crippen LogP contribution >= 0.6 is 0 Å². The predicted molar refractivity (Wildman–Crippen MR) is 83.1 cm³/mol. The molecule has 0 aliphatic carbocycles. The molecule has 0 fully saturated rings. The van der Waals surface area contributed by atoms with Gasteiger partial charge in [-0.3, -0.25) is 0 Å².